The first-order valence-corrected chi connectivity index (χ1v) is 12.0. The van der Waals surface area contributed by atoms with Crippen molar-refractivity contribution >= 4 is 17.7 Å². The molecule has 1 aromatic carbocycles. The zero-order valence-electron chi connectivity index (χ0n) is 20.9. The third-order valence-corrected chi connectivity index (χ3v) is 6.62. The number of nitrogens with zero attached hydrogens (tertiary/aromatic N) is 1. The highest BCUT2D eigenvalue weighted by Gasteiger charge is 2.49. The predicted molar refractivity (Wildman–Crippen MR) is 132 cm³/mol. The van der Waals surface area contributed by atoms with Gasteiger partial charge in [-0.25, -0.2) is 4.79 Å². The van der Waals surface area contributed by atoms with Crippen molar-refractivity contribution in [2.45, 2.75) is 39.0 Å². The SMILES string of the molecule is CCOC(=O)C1=C(C)NC2=C(C(=O)[C@H](C(=O)OCC)[C@@H](c3ccc(OC)cc3)C2)[C@H]1c1cccnc1. The van der Waals surface area contributed by atoms with Gasteiger partial charge >= 0.3 is 11.9 Å². The second-order valence-electron chi connectivity index (χ2n) is 8.67. The van der Waals surface area contributed by atoms with E-state index in [4.69, 9.17) is 14.2 Å². The predicted octanol–water partition coefficient (Wildman–Crippen LogP) is 3.80. The Balaban J connectivity index is 1.87. The molecule has 0 fully saturated rings. The van der Waals surface area contributed by atoms with Crippen LogP contribution >= 0.6 is 0 Å². The topological polar surface area (TPSA) is 104 Å². The summed E-state index contributed by atoms with van der Waals surface area (Å²) in [4.78, 5) is 44.6. The number of dihydropyridines is 1. The molecule has 1 aliphatic heterocycles. The molecule has 2 aliphatic rings. The molecule has 0 spiro atoms. The first-order valence-electron chi connectivity index (χ1n) is 12.0. The molecule has 4 rings (SSSR count). The van der Waals surface area contributed by atoms with Crippen LogP contribution in [0.1, 0.15) is 50.2 Å². The van der Waals surface area contributed by atoms with Crippen LogP contribution in [0.3, 0.4) is 0 Å². The van der Waals surface area contributed by atoms with E-state index >= 15 is 0 Å². The van der Waals surface area contributed by atoms with Gasteiger partial charge in [0.2, 0.25) is 0 Å². The van der Waals surface area contributed by atoms with Crippen LogP contribution in [0, 0.1) is 5.92 Å². The number of benzene rings is 1. The molecule has 3 atom stereocenters. The van der Waals surface area contributed by atoms with E-state index in [0.717, 1.165) is 5.56 Å². The van der Waals surface area contributed by atoms with Crippen LogP contribution < -0.4 is 10.1 Å². The summed E-state index contributed by atoms with van der Waals surface area (Å²) in [6, 6.07) is 10.9. The van der Waals surface area contributed by atoms with Crippen molar-refractivity contribution in [3.63, 3.8) is 0 Å². The zero-order chi connectivity index (χ0) is 25.8. The molecule has 0 amide bonds. The molecular formula is C28H30N2O6. The molecule has 188 valence electrons. The highest BCUT2D eigenvalue weighted by molar-refractivity contribution is 6.13. The van der Waals surface area contributed by atoms with Gasteiger partial charge in [-0.1, -0.05) is 18.2 Å². The average molecular weight is 491 g/mol. The van der Waals surface area contributed by atoms with Crippen LogP contribution in [-0.4, -0.2) is 43.0 Å². The quantitative estimate of drug-likeness (QED) is 0.462. The number of aromatic nitrogens is 1. The van der Waals surface area contributed by atoms with Crippen LogP contribution in [-0.2, 0) is 23.9 Å². The van der Waals surface area contributed by atoms with E-state index in [0.29, 0.717) is 40.3 Å². The molecule has 1 N–H and O–H groups in total. The number of hydrogen-bond acceptors (Lipinski definition) is 8. The zero-order valence-corrected chi connectivity index (χ0v) is 20.9. The van der Waals surface area contributed by atoms with Gasteiger partial charge in [0.1, 0.15) is 11.7 Å². The number of pyridine rings is 1. The van der Waals surface area contributed by atoms with Gasteiger partial charge in [0.15, 0.2) is 5.78 Å². The summed E-state index contributed by atoms with van der Waals surface area (Å²) in [6.45, 7) is 5.59. The summed E-state index contributed by atoms with van der Waals surface area (Å²) in [6.07, 6.45) is 3.65. The normalized spacial score (nSPS) is 21.4. The number of carbonyl (C=O) groups excluding carboxylic acids is 3. The second kappa shape index (κ2) is 10.8. The number of methoxy groups -OCH3 is 1. The number of esters is 2. The fourth-order valence-corrected chi connectivity index (χ4v) is 5.06. The number of rotatable bonds is 7. The third-order valence-electron chi connectivity index (χ3n) is 6.62. The minimum absolute atomic E-state index is 0.154. The summed E-state index contributed by atoms with van der Waals surface area (Å²) >= 11 is 0. The highest BCUT2D eigenvalue weighted by Crippen LogP contribution is 2.48. The van der Waals surface area contributed by atoms with E-state index in [2.05, 4.69) is 10.3 Å². The Morgan fingerprint density at radius 1 is 1.06 bits per heavy atom. The Kier molecular flexibility index (Phi) is 7.52. The molecule has 8 heteroatoms. The first kappa shape index (κ1) is 25.2. The molecule has 8 nitrogen and oxygen atoms in total. The number of allylic oxidation sites excluding steroid dienone is 3. The van der Waals surface area contributed by atoms with Gasteiger partial charge in [-0.3, -0.25) is 14.6 Å². The monoisotopic (exact) mass is 490 g/mol. The maximum Gasteiger partial charge on any atom is 0.336 e. The second-order valence-corrected chi connectivity index (χ2v) is 8.67. The maximum atomic E-state index is 14.2. The lowest BCUT2D eigenvalue weighted by Crippen LogP contribution is -2.43. The first-order chi connectivity index (χ1) is 17.4. The van der Waals surface area contributed by atoms with Gasteiger partial charge in [-0.05, 0) is 56.5 Å². The van der Waals surface area contributed by atoms with Crippen LogP contribution in [0.25, 0.3) is 0 Å². The molecule has 0 saturated heterocycles. The van der Waals surface area contributed by atoms with Crippen LogP contribution in [0.4, 0.5) is 0 Å². The van der Waals surface area contributed by atoms with Gasteiger partial charge in [-0.2, -0.15) is 0 Å². The summed E-state index contributed by atoms with van der Waals surface area (Å²) in [7, 11) is 1.58. The Hall–Kier alpha value is -3.94. The fraction of sp³-hybridized carbons (Fsp3) is 0.357. The standard InChI is InChI=1S/C28H30N2O6/c1-5-35-27(32)22-16(3)30-21-14-20(17-9-11-19(34-4)12-10-17)24(28(33)36-6-2)26(31)25(21)23(22)18-8-7-13-29-15-18/h7-13,15,20,23-24,30H,5-6,14H2,1-4H3/t20-,23+,24-/m1/s1. The fourth-order valence-electron chi connectivity index (χ4n) is 5.06. The highest BCUT2D eigenvalue weighted by atomic mass is 16.5. The van der Waals surface area contributed by atoms with Gasteiger partial charge in [0.05, 0.1) is 25.9 Å². The van der Waals surface area contributed by atoms with Gasteiger partial charge < -0.3 is 19.5 Å². The van der Waals surface area contributed by atoms with E-state index < -0.39 is 29.7 Å². The van der Waals surface area contributed by atoms with E-state index in [9.17, 15) is 14.4 Å². The van der Waals surface area contributed by atoms with Crippen molar-refractivity contribution < 1.29 is 28.6 Å². The summed E-state index contributed by atoms with van der Waals surface area (Å²) in [5.74, 6) is -3.00. The lowest BCUT2D eigenvalue weighted by atomic mass is 9.67. The van der Waals surface area contributed by atoms with Gasteiger partial charge in [-0.15, -0.1) is 0 Å². The summed E-state index contributed by atoms with van der Waals surface area (Å²) in [5.41, 5.74) is 3.50. The Morgan fingerprint density at radius 3 is 2.39 bits per heavy atom. The number of ether oxygens (including phenoxy) is 3. The van der Waals surface area contributed by atoms with Crippen molar-refractivity contribution in [1.29, 1.82) is 0 Å². The summed E-state index contributed by atoms with van der Waals surface area (Å²) < 4.78 is 16.0. The van der Waals surface area contributed by atoms with E-state index in [-0.39, 0.29) is 19.0 Å². The van der Waals surface area contributed by atoms with Gasteiger partial charge in [0, 0.05) is 41.2 Å². The largest absolute Gasteiger partial charge is 0.497 e. The summed E-state index contributed by atoms with van der Waals surface area (Å²) in [5, 5.41) is 3.29. The molecular weight excluding hydrogens is 460 g/mol. The number of ketones is 1. The number of carbonyl (C=O) groups is 3. The molecule has 0 unspecified atom stereocenters. The van der Waals surface area contributed by atoms with Crippen LogP contribution in [0.2, 0.25) is 0 Å². The lowest BCUT2D eigenvalue weighted by Gasteiger charge is -2.39. The smallest absolute Gasteiger partial charge is 0.336 e. The molecule has 1 aromatic heterocycles. The van der Waals surface area contributed by atoms with E-state index in [1.54, 1.807) is 46.3 Å². The molecule has 0 radical (unpaired) electrons. The maximum absolute atomic E-state index is 14.2. The van der Waals surface area contributed by atoms with E-state index in [1.807, 2.05) is 30.3 Å². The van der Waals surface area contributed by atoms with Crippen LogP contribution in [0.5, 0.6) is 5.75 Å². The molecule has 36 heavy (non-hydrogen) atoms. The molecule has 1 aliphatic carbocycles. The van der Waals surface area contributed by atoms with Crippen molar-refractivity contribution in [1.82, 2.24) is 10.3 Å². The molecule has 2 aromatic rings. The number of Topliss-reactive ketones (excluding diaryl/α,β-unsaturated/α-hetero) is 1. The van der Waals surface area contributed by atoms with Crippen molar-refractivity contribution in [3.05, 3.63) is 82.5 Å². The molecule has 2 heterocycles. The minimum Gasteiger partial charge on any atom is -0.497 e. The minimum atomic E-state index is -1.06. The lowest BCUT2D eigenvalue weighted by molar-refractivity contribution is -0.152. The Bertz CT molecular complexity index is 1220. The number of nitrogens with one attached hydrogen (secondary N) is 1. The van der Waals surface area contributed by atoms with Crippen molar-refractivity contribution in [3.8, 4) is 5.75 Å². The Labute approximate surface area is 210 Å². The number of hydrogen-bond donors (Lipinski definition) is 1. The van der Waals surface area contributed by atoms with E-state index in [1.165, 1.54) is 0 Å². The average Bonchev–Trinajstić information content (AvgIpc) is 2.88. The van der Waals surface area contributed by atoms with Gasteiger partial charge in [0.25, 0.3) is 0 Å². The molecule has 0 saturated carbocycles. The van der Waals surface area contributed by atoms with Crippen molar-refractivity contribution in [2.75, 3.05) is 20.3 Å². The van der Waals surface area contributed by atoms with Crippen molar-refractivity contribution in [2.24, 2.45) is 5.92 Å². The third kappa shape index (κ3) is 4.63. The molecule has 0 bridgehead atoms. The van der Waals surface area contributed by atoms with Crippen LogP contribution in [0.15, 0.2) is 71.3 Å². The Morgan fingerprint density at radius 2 is 1.78 bits per heavy atom.